The molecular formula is C22H16ClN3O3S. The van der Waals surface area contributed by atoms with E-state index in [2.05, 4.69) is 10.3 Å². The van der Waals surface area contributed by atoms with Gasteiger partial charge in [0.25, 0.3) is 5.91 Å². The zero-order valence-corrected chi connectivity index (χ0v) is 17.4. The lowest BCUT2D eigenvalue weighted by Gasteiger charge is -2.33. The van der Waals surface area contributed by atoms with Gasteiger partial charge in [0, 0.05) is 32.5 Å². The van der Waals surface area contributed by atoms with Crippen molar-refractivity contribution in [3.63, 3.8) is 0 Å². The Morgan fingerprint density at radius 2 is 2.00 bits per heavy atom. The van der Waals surface area contributed by atoms with Gasteiger partial charge in [-0.15, -0.1) is 11.8 Å². The molecule has 2 aromatic carbocycles. The molecule has 8 heteroatoms. The zero-order valence-electron chi connectivity index (χ0n) is 15.8. The van der Waals surface area contributed by atoms with E-state index in [9.17, 15) is 9.59 Å². The number of rotatable bonds is 3. The molecule has 3 aromatic rings. The van der Waals surface area contributed by atoms with Crippen molar-refractivity contribution < 1.29 is 14.3 Å². The van der Waals surface area contributed by atoms with Crippen molar-refractivity contribution in [3.8, 4) is 5.75 Å². The Morgan fingerprint density at radius 1 is 1.17 bits per heavy atom. The van der Waals surface area contributed by atoms with Gasteiger partial charge in [-0.25, -0.2) is 9.69 Å². The van der Waals surface area contributed by atoms with Gasteiger partial charge in [-0.1, -0.05) is 29.8 Å². The van der Waals surface area contributed by atoms with Crippen LogP contribution in [0.25, 0.3) is 15.7 Å². The number of amides is 3. The molecular weight excluding hydrogens is 422 g/mol. The summed E-state index contributed by atoms with van der Waals surface area (Å²) < 4.78 is 5.31. The minimum atomic E-state index is -0.477. The first kappa shape index (κ1) is 19.0. The van der Waals surface area contributed by atoms with Crippen LogP contribution in [-0.2, 0) is 4.79 Å². The Bertz CT molecular complexity index is 1230. The van der Waals surface area contributed by atoms with Crippen molar-refractivity contribution in [2.24, 2.45) is 0 Å². The van der Waals surface area contributed by atoms with Crippen LogP contribution in [0.1, 0.15) is 5.56 Å². The number of hydrogen-bond donors (Lipinski definition) is 1. The van der Waals surface area contributed by atoms with Crippen LogP contribution in [0.15, 0.2) is 60.9 Å². The first-order valence-electron chi connectivity index (χ1n) is 9.26. The average Bonchev–Trinajstić information content (AvgIpc) is 3.18. The summed E-state index contributed by atoms with van der Waals surface area (Å²) in [6.45, 7) is 0. The summed E-state index contributed by atoms with van der Waals surface area (Å²) >= 11 is 7.74. The maximum atomic E-state index is 13.4. The largest absolute Gasteiger partial charge is 0.497 e. The highest BCUT2D eigenvalue weighted by Gasteiger charge is 2.45. The molecule has 5 rings (SSSR count). The second-order valence-electron chi connectivity index (χ2n) is 6.94. The van der Waals surface area contributed by atoms with Crippen molar-refractivity contribution in [1.29, 1.82) is 0 Å². The Labute approximate surface area is 181 Å². The Morgan fingerprint density at radius 3 is 2.80 bits per heavy atom. The fourth-order valence-corrected chi connectivity index (χ4v) is 5.33. The van der Waals surface area contributed by atoms with Crippen LogP contribution in [0.3, 0.4) is 0 Å². The number of benzene rings is 2. The smallest absolute Gasteiger partial charge is 0.329 e. The van der Waals surface area contributed by atoms with Crippen LogP contribution in [0.5, 0.6) is 5.75 Å². The molecule has 2 aliphatic heterocycles. The van der Waals surface area contributed by atoms with Crippen molar-refractivity contribution in [1.82, 2.24) is 10.3 Å². The third-order valence-electron chi connectivity index (χ3n) is 5.20. The monoisotopic (exact) mass is 437 g/mol. The number of nitrogens with one attached hydrogen (secondary N) is 1. The van der Waals surface area contributed by atoms with Crippen molar-refractivity contribution in [3.05, 3.63) is 71.5 Å². The van der Waals surface area contributed by atoms with Gasteiger partial charge in [0.15, 0.2) is 0 Å². The standard InChI is InChI=1S/C22H16ClN3O3S/c1-29-13-7-6-12-10-24-11-18(15(12)8-13)26-21(27)20-17(25-22(26)28)9-19(30-20)14-4-2-3-5-16(14)23/h2-11,17,20H,1H3,(H,25,28). The number of urea groups is 1. The molecule has 2 unspecified atom stereocenters. The van der Waals surface area contributed by atoms with E-state index in [4.69, 9.17) is 16.3 Å². The number of imide groups is 1. The van der Waals surface area contributed by atoms with Crippen LogP contribution in [-0.4, -0.2) is 35.3 Å². The second-order valence-corrected chi connectivity index (χ2v) is 8.53. The Kier molecular flexibility index (Phi) is 4.64. The SMILES string of the molecule is COc1ccc2cncc(N3C(=O)NC4C=C(c5ccccc5Cl)SC4C3=O)c2c1. The van der Waals surface area contributed by atoms with Crippen LogP contribution in [0, 0.1) is 0 Å². The van der Waals surface area contributed by atoms with Gasteiger partial charge in [-0.3, -0.25) is 9.78 Å². The van der Waals surface area contributed by atoms with Gasteiger partial charge in [-0.05, 0) is 30.3 Å². The van der Waals surface area contributed by atoms with E-state index >= 15 is 0 Å². The quantitative estimate of drug-likeness (QED) is 0.654. The van der Waals surface area contributed by atoms with E-state index in [0.29, 0.717) is 21.8 Å². The number of thioether (sulfide) groups is 1. The summed E-state index contributed by atoms with van der Waals surface area (Å²) in [5.74, 6) is 0.347. The summed E-state index contributed by atoms with van der Waals surface area (Å²) in [4.78, 5) is 32.6. The number of hydrogen-bond acceptors (Lipinski definition) is 5. The molecule has 0 radical (unpaired) electrons. The molecule has 30 heavy (non-hydrogen) atoms. The van der Waals surface area contributed by atoms with E-state index in [1.807, 2.05) is 42.5 Å². The minimum absolute atomic E-state index is 0.288. The molecule has 2 atom stereocenters. The maximum Gasteiger partial charge on any atom is 0.329 e. The molecule has 0 saturated carbocycles. The lowest BCUT2D eigenvalue weighted by molar-refractivity contribution is -0.118. The molecule has 0 aliphatic carbocycles. The van der Waals surface area contributed by atoms with Gasteiger partial charge in [0.2, 0.25) is 0 Å². The number of carbonyl (C=O) groups excluding carboxylic acids is 2. The molecule has 3 amide bonds. The van der Waals surface area contributed by atoms with Crippen LogP contribution in [0.2, 0.25) is 5.02 Å². The lowest BCUT2D eigenvalue weighted by Crippen LogP contribution is -2.60. The summed E-state index contributed by atoms with van der Waals surface area (Å²) in [5.41, 5.74) is 1.28. The predicted molar refractivity (Wildman–Crippen MR) is 119 cm³/mol. The first-order valence-corrected chi connectivity index (χ1v) is 10.5. The highest BCUT2D eigenvalue weighted by Crippen LogP contribution is 2.44. The molecule has 0 spiro atoms. The summed E-state index contributed by atoms with van der Waals surface area (Å²) in [5, 5.41) is 4.59. The van der Waals surface area contributed by atoms with E-state index in [0.717, 1.165) is 15.9 Å². The van der Waals surface area contributed by atoms with E-state index < -0.39 is 17.3 Å². The number of nitrogens with zero attached hydrogens (tertiary/aromatic N) is 2. The highest BCUT2D eigenvalue weighted by molar-refractivity contribution is 8.09. The summed E-state index contributed by atoms with van der Waals surface area (Å²) in [6.07, 6.45) is 5.12. The molecule has 150 valence electrons. The zero-order chi connectivity index (χ0) is 20.8. The molecule has 3 heterocycles. The fourth-order valence-electron chi connectivity index (χ4n) is 3.73. The Balaban J connectivity index is 1.52. The van der Waals surface area contributed by atoms with Gasteiger partial charge in [-0.2, -0.15) is 0 Å². The number of halogens is 1. The van der Waals surface area contributed by atoms with Crippen molar-refractivity contribution in [2.75, 3.05) is 12.0 Å². The summed E-state index contributed by atoms with van der Waals surface area (Å²) in [7, 11) is 1.57. The molecule has 1 fully saturated rings. The van der Waals surface area contributed by atoms with E-state index in [1.165, 1.54) is 22.9 Å². The minimum Gasteiger partial charge on any atom is -0.497 e. The number of methoxy groups -OCH3 is 1. The molecule has 1 aromatic heterocycles. The first-order chi connectivity index (χ1) is 14.6. The van der Waals surface area contributed by atoms with Gasteiger partial charge >= 0.3 is 6.03 Å². The fraction of sp³-hybridized carbons (Fsp3) is 0.136. The predicted octanol–water partition coefficient (Wildman–Crippen LogP) is 4.48. The third-order valence-corrected chi connectivity index (χ3v) is 6.88. The van der Waals surface area contributed by atoms with Gasteiger partial charge < -0.3 is 10.1 Å². The van der Waals surface area contributed by atoms with Crippen LogP contribution in [0.4, 0.5) is 10.5 Å². The average molecular weight is 438 g/mol. The van der Waals surface area contributed by atoms with Gasteiger partial charge in [0.05, 0.1) is 25.0 Å². The lowest BCUT2D eigenvalue weighted by atomic mass is 10.1. The molecule has 0 bridgehead atoms. The number of ether oxygens (including phenoxy) is 1. The number of pyridine rings is 1. The van der Waals surface area contributed by atoms with Crippen LogP contribution < -0.4 is 15.0 Å². The molecule has 1 saturated heterocycles. The topological polar surface area (TPSA) is 71.5 Å². The number of fused-ring (bicyclic) bond motifs is 2. The normalized spacial score (nSPS) is 20.7. The van der Waals surface area contributed by atoms with E-state index in [-0.39, 0.29) is 5.91 Å². The molecule has 6 nitrogen and oxygen atoms in total. The highest BCUT2D eigenvalue weighted by atomic mass is 35.5. The second kappa shape index (κ2) is 7.34. The number of anilines is 1. The van der Waals surface area contributed by atoms with Crippen molar-refractivity contribution in [2.45, 2.75) is 11.3 Å². The molecule has 1 N–H and O–H groups in total. The third kappa shape index (κ3) is 3.02. The van der Waals surface area contributed by atoms with Crippen LogP contribution >= 0.6 is 23.4 Å². The Hall–Kier alpha value is -3.03. The van der Waals surface area contributed by atoms with Crippen molar-refractivity contribution >= 4 is 56.7 Å². The van der Waals surface area contributed by atoms with E-state index in [1.54, 1.807) is 19.4 Å². The number of aromatic nitrogens is 1. The molecule has 2 aliphatic rings. The summed E-state index contributed by atoms with van der Waals surface area (Å²) in [6, 6.07) is 12.1. The number of carbonyl (C=O) groups is 2. The van der Waals surface area contributed by atoms with Gasteiger partial charge in [0.1, 0.15) is 11.0 Å². The maximum absolute atomic E-state index is 13.4.